The number of rotatable bonds is 4. The van der Waals surface area contributed by atoms with Gasteiger partial charge < -0.3 is 23.0 Å². The van der Waals surface area contributed by atoms with Crippen molar-refractivity contribution < 1.29 is 16.9 Å². The molecular weight excluding hydrogens is 160 g/mol. The molecule has 0 aromatic rings. The molecule has 0 rings (SSSR count). The molecule has 0 radical (unpaired) electrons. The Bertz CT molecular complexity index is 98.7. The maximum absolute atomic E-state index is 3.68. The second kappa shape index (κ2) is 7.79. The lowest BCUT2D eigenvalue weighted by molar-refractivity contribution is -0.878. The van der Waals surface area contributed by atoms with Crippen LogP contribution in [-0.4, -0.2) is 31.7 Å². The van der Waals surface area contributed by atoms with Gasteiger partial charge >= 0.3 is 0 Å². The van der Waals surface area contributed by atoms with E-state index < -0.39 is 0 Å². The smallest absolute Gasteiger partial charge is 0.0969 e. The Kier molecular flexibility index (Phi) is 12.0. The Hall–Kier alpha value is -0.310. The Morgan fingerprint density at radius 3 is 1.55 bits per heavy atom. The van der Waals surface area contributed by atoms with Crippen molar-refractivity contribution >= 4 is 0 Å². The second-order valence-electron chi connectivity index (χ2n) is 2.88. The van der Waals surface area contributed by atoms with Crippen molar-refractivity contribution in [2.45, 2.75) is 0 Å². The molecule has 2 nitrogen and oxygen atoms in total. The number of quaternary nitrogens is 1. The van der Waals surface area contributed by atoms with Crippen LogP contribution in [0.2, 0.25) is 0 Å². The van der Waals surface area contributed by atoms with Crippen molar-refractivity contribution in [1.82, 2.24) is 6.15 Å². The van der Waals surface area contributed by atoms with Crippen LogP contribution in [0, 0.1) is 0 Å². The van der Waals surface area contributed by atoms with Crippen LogP contribution in [0.25, 0.3) is 0 Å². The average Bonchev–Trinajstić information content (AvgIpc) is 1.64. The lowest BCUT2D eigenvalue weighted by atomic mass is 10.4. The van der Waals surface area contributed by atoms with Gasteiger partial charge in [-0.3, -0.25) is 0 Å². The highest BCUT2D eigenvalue weighted by atomic mass is 35.5. The normalized spacial score (nSPS) is 8.91. The van der Waals surface area contributed by atoms with Crippen LogP contribution in [0.5, 0.6) is 0 Å². The molecule has 11 heavy (non-hydrogen) atoms. The van der Waals surface area contributed by atoms with Gasteiger partial charge in [0.15, 0.2) is 0 Å². The zero-order valence-electron chi connectivity index (χ0n) is 7.52. The number of halogens is 1. The first-order chi connectivity index (χ1) is 4.12. The van der Waals surface area contributed by atoms with E-state index in [1.54, 1.807) is 0 Å². The molecule has 0 aliphatic heterocycles. The minimum Gasteiger partial charge on any atom is -1.00 e. The van der Waals surface area contributed by atoms with Crippen LogP contribution in [0.1, 0.15) is 0 Å². The van der Waals surface area contributed by atoms with Gasteiger partial charge in [0, 0.05) is 0 Å². The van der Waals surface area contributed by atoms with E-state index >= 15 is 0 Å². The zero-order valence-corrected chi connectivity index (χ0v) is 8.27. The first kappa shape index (κ1) is 17.0. The van der Waals surface area contributed by atoms with Crippen molar-refractivity contribution in [3.63, 3.8) is 0 Å². The SMILES string of the molecule is C=CC[N+](C)(C)CC=C.N.[Cl-]. The quantitative estimate of drug-likeness (QED) is 0.417. The minimum atomic E-state index is 0. The van der Waals surface area contributed by atoms with Gasteiger partial charge in [-0.1, -0.05) is 13.2 Å². The highest BCUT2D eigenvalue weighted by Gasteiger charge is 2.07. The summed E-state index contributed by atoms with van der Waals surface area (Å²) in [4.78, 5) is 0. The minimum absolute atomic E-state index is 0. The number of hydrogen-bond acceptors (Lipinski definition) is 1. The fraction of sp³-hybridized carbons (Fsp3) is 0.500. The summed E-state index contributed by atoms with van der Waals surface area (Å²) in [6.45, 7) is 9.37. The van der Waals surface area contributed by atoms with Crippen molar-refractivity contribution in [3.8, 4) is 0 Å². The fourth-order valence-electron chi connectivity index (χ4n) is 0.774. The maximum atomic E-state index is 3.68. The molecule has 0 aromatic heterocycles. The molecule has 0 saturated carbocycles. The van der Waals surface area contributed by atoms with Gasteiger partial charge in [0.25, 0.3) is 0 Å². The monoisotopic (exact) mass is 178 g/mol. The van der Waals surface area contributed by atoms with E-state index in [0.717, 1.165) is 17.6 Å². The lowest BCUT2D eigenvalue weighted by Crippen LogP contribution is -3.00. The van der Waals surface area contributed by atoms with E-state index in [9.17, 15) is 0 Å². The summed E-state index contributed by atoms with van der Waals surface area (Å²) in [5.74, 6) is 0. The highest BCUT2D eigenvalue weighted by molar-refractivity contribution is 4.69. The zero-order chi connectivity index (χ0) is 7.33. The fourth-order valence-corrected chi connectivity index (χ4v) is 0.774. The third-order valence-electron chi connectivity index (χ3n) is 1.25. The number of hydrogen-bond donors (Lipinski definition) is 1. The maximum Gasteiger partial charge on any atom is 0.0969 e. The van der Waals surface area contributed by atoms with Crippen LogP contribution >= 0.6 is 0 Å². The summed E-state index contributed by atoms with van der Waals surface area (Å²) in [7, 11) is 4.31. The third kappa shape index (κ3) is 9.69. The molecule has 0 unspecified atom stereocenters. The molecule has 0 aliphatic rings. The first-order valence-corrected chi connectivity index (χ1v) is 3.16. The molecule has 0 atom stereocenters. The van der Waals surface area contributed by atoms with Crippen molar-refractivity contribution in [2.24, 2.45) is 0 Å². The van der Waals surface area contributed by atoms with Crippen LogP contribution in [0.4, 0.5) is 0 Å². The summed E-state index contributed by atoms with van der Waals surface area (Å²) >= 11 is 0. The van der Waals surface area contributed by atoms with E-state index in [1.807, 2.05) is 12.2 Å². The van der Waals surface area contributed by atoms with Crippen LogP contribution in [-0.2, 0) is 0 Å². The van der Waals surface area contributed by atoms with Gasteiger partial charge in [0.05, 0.1) is 27.2 Å². The number of nitrogens with zero attached hydrogens (tertiary/aromatic N) is 1. The molecular formula is C8H19ClN2. The van der Waals surface area contributed by atoms with E-state index in [0.29, 0.717) is 0 Å². The van der Waals surface area contributed by atoms with Gasteiger partial charge in [0.1, 0.15) is 0 Å². The van der Waals surface area contributed by atoms with Gasteiger partial charge in [-0.2, -0.15) is 0 Å². The Morgan fingerprint density at radius 1 is 1.09 bits per heavy atom. The van der Waals surface area contributed by atoms with Gasteiger partial charge in [-0.25, -0.2) is 0 Å². The lowest BCUT2D eigenvalue weighted by Gasteiger charge is -2.26. The Balaban J connectivity index is -0.000000320. The molecule has 0 amide bonds. The number of likely N-dealkylation sites (N-methyl/N-ethyl adjacent to an activating group) is 1. The third-order valence-corrected chi connectivity index (χ3v) is 1.25. The van der Waals surface area contributed by atoms with Gasteiger partial charge in [-0.05, 0) is 12.2 Å². The topological polar surface area (TPSA) is 35.0 Å². The van der Waals surface area contributed by atoms with E-state index in [1.165, 1.54) is 0 Å². The van der Waals surface area contributed by atoms with Gasteiger partial charge in [0.2, 0.25) is 0 Å². The Labute approximate surface area is 76.2 Å². The molecule has 0 aromatic carbocycles. The average molecular weight is 179 g/mol. The molecule has 68 valence electrons. The molecule has 0 bridgehead atoms. The summed E-state index contributed by atoms with van der Waals surface area (Å²) < 4.78 is 0.951. The predicted molar refractivity (Wildman–Crippen MR) is 47.3 cm³/mol. The largest absolute Gasteiger partial charge is 1.00 e. The van der Waals surface area contributed by atoms with Crippen molar-refractivity contribution in [3.05, 3.63) is 25.3 Å². The first-order valence-electron chi connectivity index (χ1n) is 3.16. The molecule has 0 heterocycles. The Morgan fingerprint density at radius 2 is 1.36 bits per heavy atom. The van der Waals surface area contributed by atoms with E-state index in [4.69, 9.17) is 0 Å². The van der Waals surface area contributed by atoms with Crippen LogP contribution in [0.15, 0.2) is 25.3 Å². The van der Waals surface area contributed by atoms with E-state index in [2.05, 4.69) is 27.3 Å². The highest BCUT2D eigenvalue weighted by Crippen LogP contribution is 1.95. The molecule has 3 heteroatoms. The molecule has 0 saturated heterocycles. The summed E-state index contributed by atoms with van der Waals surface area (Å²) in [5.41, 5.74) is 0. The molecule has 0 spiro atoms. The summed E-state index contributed by atoms with van der Waals surface area (Å²) in [6, 6.07) is 0. The molecule has 0 fully saturated rings. The summed E-state index contributed by atoms with van der Waals surface area (Å²) in [6.07, 6.45) is 3.87. The van der Waals surface area contributed by atoms with Gasteiger partial charge in [-0.15, -0.1) is 0 Å². The van der Waals surface area contributed by atoms with Crippen LogP contribution in [0.3, 0.4) is 0 Å². The van der Waals surface area contributed by atoms with E-state index in [-0.39, 0.29) is 18.6 Å². The molecule has 0 aliphatic carbocycles. The predicted octanol–water partition coefficient (Wildman–Crippen LogP) is -1.40. The van der Waals surface area contributed by atoms with Crippen molar-refractivity contribution in [1.29, 1.82) is 0 Å². The van der Waals surface area contributed by atoms with Crippen molar-refractivity contribution in [2.75, 3.05) is 27.2 Å². The summed E-state index contributed by atoms with van der Waals surface area (Å²) in [5, 5.41) is 0. The van der Waals surface area contributed by atoms with Crippen LogP contribution < -0.4 is 18.6 Å². The second-order valence-corrected chi connectivity index (χ2v) is 2.88. The molecule has 3 N–H and O–H groups in total. The standard InChI is InChI=1S/C8H16N.ClH.H3N/c1-5-7-9(3,4)8-6-2;;/h5-6H,1-2,7-8H2,3-4H3;1H;1H3/q+1;;/p-1.